The van der Waals surface area contributed by atoms with Crippen LogP contribution in [0.3, 0.4) is 0 Å². The van der Waals surface area contributed by atoms with Gasteiger partial charge in [0.25, 0.3) is 5.91 Å². The van der Waals surface area contributed by atoms with Crippen molar-refractivity contribution in [2.24, 2.45) is 7.05 Å². The molecule has 0 atom stereocenters. The van der Waals surface area contributed by atoms with Crippen LogP contribution in [0.5, 0.6) is 5.75 Å². The van der Waals surface area contributed by atoms with E-state index < -0.39 is 0 Å². The number of hydrogen-bond donors (Lipinski definition) is 3. The van der Waals surface area contributed by atoms with Crippen LogP contribution in [0.25, 0.3) is 11.3 Å². The molecule has 3 aromatic heterocycles. The third-order valence-electron chi connectivity index (χ3n) is 5.70. The lowest BCUT2D eigenvalue weighted by Crippen LogP contribution is -2.21. The summed E-state index contributed by atoms with van der Waals surface area (Å²) in [4.78, 5) is 17.2. The number of rotatable bonds is 3. The summed E-state index contributed by atoms with van der Waals surface area (Å²) >= 11 is 0. The number of carbonyl (C=O) groups excluding carboxylic acids is 1. The predicted octanol–water partition coefficient (Wildman–Crippen LogP) is 3.20. The van der Waals surface area contributed by atoms with Crippen LogP contribution in [0.15, 0.2) is 48.7 Å². The zero-order chi connectivity index (χ0) is 25.1. The Morgan fingerprint density at radius 1 is 1.11 bits per heavy atom. The number of pyridine rings is 1. The number of aromatic nitrogens is 5. The van der Waals surface area contributed by atoms with Crippen molar-refractivity contribution in [1.82, 2.24) is 30.3 Å². The number of amides is 1. The van der Waals surface area contributed by atoms with Gasteiger partial charge in [-0.1, -0.05) is 6.07 Å². The van der Waals surface area contributed by atoms with E-state index >= 15 is 0 Å². The third-order valence-corrected chi connectivity index (χ3v) is 5.70. The van der Waals surface area contributed by atoms with Crippen LogP contribution < -0.4 is 20.7 Å². The first kappa shape index (κ1) is 23.2. The minimum Gasteiger partial charge on any atom is -0.494 e. The molecule has 3 N–H and O–H groups in total. The largest absolute Gasteiger partial charge is 0.494 e. The summed E-state index contributed by atoms with van der Waals surface area (Å²) in [6, 6.07) is 13.3. The maximum atomic E-state index is 12.6. The van der Waals surface area contributed by atoms with Gasteiger partial charge in [0.05, 0.1) is 43.1 Å². The molecule has 4 heterocycles. The number of fused-ring (bicyclic) bond motifs is 6. The van der Waals surface area contributed by atoms with E-state index in [2.05, 4.69) is 36.2 Å². The summed E-state index contributed by atoms with van der Waals surface area (Å²) in [5.41, 5.74) is 4.64. The Labute approximate surface area is 207 Å². The zero-order valence-electron chi connectivity index (χ0n) is 20.2. The molecule has 1 aromatic carbocycles. The fraction of sp³-hybridized carbons (Fsp3) is 0.240. The molecule has 0 fully saturated rings. The molecule has 1 amide bonds. The number of benzene rings is 1. The van der Waals surface area contributed by atoms with Crippen molar-refractivity contribution in [3.8, 4) is 17.0 Å². The van der Waals surface area contributed by atoms with Crippen LogP contribution in [-0.2, 0) is 24.8 Å². The molecule has 6 bridgehead atoms. The number of methoxy groups -OCH3 is 1. The molecule has 1 aliphatic rings. The van der Waals surface area contributed by atoms with Gasteiger partial charge >= 0.3 is 0 Å². The Balaban J connectivity index is 1.67. The van der Waals surface area contributed by atoms with Gasteiger partial charge in [0.1, 0.15) is 5.82 Å². The number of aryl methyl sites for hydroxylation is 1. The summed E-state index contributed by atoms with van der Waals surface area (Å²) in [6.45, 7) is 0.865. The lowest BCUT2D eigenvalue weighted by Gasteiger charge is -2.18. The number of hydrogen-bond acceptors (Lipinski definition) is 9. The Morgan fingerprint density at radius 2 is 2.00 bits per heavy atom. The maximum absolute atomic E-state index is 12.6. The second-order valence-corrected chi connectivity index (χ2v) is 8.24. The standard InChI is InChI=1S/C25H26N8O3/c1-26-25(34)23-19-13-22(30-31-23)29-21-6-4-5-16(27-21)14-36-10-8-15-11-17(18-7-9-33(2)32-18)24(35-3)20(12-15)28-19/h4-7,9,11-13,28H,8,10,14H2,1-3H3,(H,26,34)(H,27,29,30). The van der Waals surface area contributed by atoms with Crippen LogP contribution in [0.4, 0.5) is 23.0 Å². The van der Waals surface area contributed by atoms with E-state index in [-0.39, 0.29) is 11.6 Å². The van der Waals surface area contributed by atoms with Crippen LogP contribution >= 0.6 is 0 Å². The van der Waals surface area contributed by atoms with Crippen LogP contribution in [0.1, 0.15) is 21.7 Å². The molecule has 11 nitrogen and oxygen atoms in total. The van der Waals surface area contributed by atoms with Gasteiger partial charge in [0, 0.05) is 31.9 Å². The average molecular weight is 487 g/mol. The molecule has 0 unspecified atom stereocenters. The van der Waals surface area contributed by atoms with E-state index in [9.17, 15) is 4.79 Å². The molecule has 5 rings (SSSR count). The number of nitrogens with one attached hydrogen (secondary N) is 3. The van der Waals surface area contributed by atoms with E-state index in [1.54, 1.807) is 24.9 Å². The van der Waals surface area contributed by atoms with Gasteiger partial charge in [-0.3, -0.25) is 9.48 Å². The molecular weight excluding hydrogens is 460 g/mol. The minimum atomic E-state index is -0.372. The topological polar surface area (TPSA) is 128 Å². The first-order chi connectivity index (χ1) is 17.5. The quantitative estimate of drug-likeness (QED) is 0.400. The normalized spacial score (nSPS) is 13.0. The number of ether oxygens (including phenoxy) is 2. The molecule has 0 saturated heterocycles. The van der Waals surface area contributed by atoms with E-state index in [0.29, 0.717) is 48.4 Å². The fourth-order valence-corrected chi connectivity index (χ4v) is 4.00. The molecule has 0 radical (unpaired) electrons. The summed E-state index contributed by atoms with van der Waals surface area (Å²) in [7, 11) is 5.02. The minimum absolute atomic E-state index is 0.143. The van der Waals surface area contributed by atoms with Crippen molar-refractivity contribution in [2.75, 3.05) is 31.4 Å². The Bertz CT molecular complexity index is 1420. The van der Waals surface area contributed by atoms with Crippen molar-refractivity contribution < 1.29 is 14.3 Å². The number of anilines is 4. The third kappa shape index (κ3) is 4.82. The van der Waals surface area contributed by atoms with Crippen molar-refractivity contribution in [1.29, 1.82) is 0 Å². The first-order valence-electron chi connectivity index (χ1n) is 11.4. The summed E-state index contributed by atoms with van der Waals surface area (Å²) < 4.78 is 13.5. The summed E-state index contributed by atoms with van der Waals surface area (Å²) in [5, 5.41) is 22.1. The highest BCUT2D eigenvalue weighted by atomic mass is 16.5. The molecule has 0 saturated carbocycles. The molecular formula is C25H26N8O3. The van der Waals surface area contributed by atoms with E-state index in [1.165, 1.54) is 0 Å². The van der Waals surface area contributed by atoms with Crippen molar-refractivity contribution in [2.45, 2.75) is 13.0 Å². The summed E-state index contributed by atoms with van der Waals surface area (Å²) in [6.07, 6.45) is 2.53. The molecule has 184 valence electrons. The number of nitrogens with zero attached hydrogens (tertiary/aromatic N) is 5. The van der Waals surface area contributed by atoms with E-state index in [0.717, 1.165) is 22.5 Å². The van der Waals surface area contributed by atoms with Crippen LogP contribution in [-0.4, -0.2) is 51.6 Å². The Hall–Kier alpha value is -4.51. The van der Waals surface area contributed by atoms with Crippen molar-refractivity contribution >= 4 is 28.9 Å². The SMILES string of the molecule is CNC(=O)c1nnc2cc1Nc1cc(cc(-c3ccn(C)n3)c1OC)CCOCc1cccc(n1)N2. The van der Waals surface area contributed by atoms with Gasteiger partial charge in [0.15, 0.2) is 17.3 Å². The predicted molar refractivity (Wildman–Crippen MR) is 135 cm³/mol. The highest BCUT2D eigenvalue weighted by molar-refractivity contribution is 5.99. The molecule has 0 aliphatic carbocycles. The van der Waals surface area contributed by atoms with Crippen LogP contribution in [0.2, 0.25) is 0 Å². The smallest absolute Gasteiger partial charge is 0.273 e. The van der Waals surface area contributed by atoms with Gasteiger partial charge in [-0.25, -0.2) is 4.98 Å². The molecule has 1 aliphatic heterocycles. The lowest BCUT2D eigenvalue weighted by molar-refractivity contribution is 0.0958. The van der Waals surface area contributed by atoms with Gasteiger partial charge in [-0.15, -0.1) is 10.2 Å². The fourth-order valence-electron chi connectivity index (χ4n) is 4.00. The van der Waals surface area contributed by atoms with Gasteiger partial charge in [-0.05, 0) is 42.3 Å². The van der Waals surface area contributed by atoms with Gasteiger partial charge in [-0.2, -0.15) is 5.10 Å². The highest BCUT2D eigenvalue weighted by Crippen LogP contribution is 2.39. The molecule has 36 heavy (non-hydrogen) atoms. The maximum Gasteiger partial charge on any atom is 0.273 e. The Morgan fingerprint density at radius 3 is 2.78 bits per heavy atom. The van der Waals surface area contributed by atoms with Crippen molar-refractivity contribution in [3.63, 3.8) is 0 Å². The zero-order valence-corrected chi connectivity index (χ0v) is 20.2. The van der Waals surface area contributed by atoms with Gasteiger partial charge in [0.2, 0.25) is 0 Å². The second kappa shape index (κ2) is 10.0. The van der Waals surface area contributed by atoms with Crippen LogP contribution in [0, 0.1) is 0 Å². The monoisotopic (exact) mass is 486 g/mol. The lowest BCUT2D eigenvalue weighted by atomic mass is 10.0. The highest BCUT2D eigenvalue weighted by Gasteiger charge is 2.20. The number of carbonyl (C=O) groups is 1. The first-order valence-corrected chi connectivity index (χ1v) is 11.4. The molecule has 4 aromatic rings. The Kier molecular flexibility index (Phi) is 6.46. The van der Waals surface area contributed by atoms with E-state index in [4.69, 9.17) is 9.47 Å². The van der Waals surface area contributed by atoms with Gasteiger partial charge < -0.3 is 25.4 Å². The average Bonchev–Trinajstić information content (AvgIpc) is 3.32. The molecule has 0 spiro atoms. The van der Waals surface area contributed by atoms with Crippen molar-refractivity contribution in [3.05, 3.63) is 65.6 Å². The molecule has 11 heteroatoms. The van der Waals surface area contributed by atoms with E-state index in [1.807, 2.05) is 49.6 Å². The summed E-state index contributed by atoms with van der Waals surface area (Å²) in [5.74, 6) is 1.23. The second-order valence-electron chi connectivity index (χ2n) is 8.24.